The van der Waals surface area contributed by atoms with E-state index in [1.54, 1.807) is 0 Å². The molecule has 0 N–H and O–H groups in total. The molecule has 0 aliphatic rings. The summed E-state index contributed by atoms with van der Waals surface area (Å²) in [4.78, 5) is 0. The van der Waals surface area contributed by atoms with Gasteiger partial charge in [0, 0.05) is 13.2 Å². The van der Waals surface area contributed by atoms with Crippen LogP contribution in [0.4, 0.5) is 0 Å². The largest absolute Gasteiger partial charge is 0.381 e. The average Bonchev–Trinajstić information content (AvgIpc) is 2.46. The minimum Gasteiger partial charge on any atom is -0.381 e. The lowest BCUT2D eigenvalue weighted by molar-refractivity contribution is 0.0914. The quantitative estimate of drug-likeness (QED) is 0.291. The molecule has 0 aliphatic heterocycles. The molecule has 1 heteroatoms. The molecule has 0 bridgehead atoms. The van der Waals surface area contributed by atoms with Gasteiger partial charge in [0.25, 0.3) is 0 Å². The van der Waals surface area contributed by atoms with E-state index in [1.807, 2.05) is 0 Å². The van der Waals surface area contributed by atoms with E-state index < -0.39 is 0 Å². The monoisotopic (exact) mass is 283 g/mol. The van der Waals surface area contributed by atoms with Gasteiger partial charge in [0.05, 0.1) is 0 Å². The zero-order valence-corrected chi connectivity index (χ0v) is 14.3. The minimum atomic E-state index is 0.803. The Kier molecular flexibility index (Phi) is 17.0. The van der Waals surface area contributed by atoms with Crippen molar-refractivity contribution in [2.75, 3.05) is 13.2 Å². The average molecular weight is 284 g/mol. The van der Waals surface area contributed by atoms with E-state index in [4.69, 9.17) is 4.74 Å². The first-order chi connectivity index (χ1) is 9.85. The first kappa shape index (κ1) is 20.0. The van der Waals surface area contributed by atoms with Gasteiger partial charge in [-0.2, -0.15) is 0 Å². The summed E-state index contributed by atoms with van der Waals surface area (Å²) in [7, 11) is 0. The lowest BCUT2D eigenvalue weighted by Crippen LogP contribution is -2.10. The van der Waals surface area contributed by atoms with Gasteiger partial charge in [-0.1, -0.05) is 85.0 Å². The van der Waals surface area contributed by atoms with Gasteiger partial charge in [0.1, 0.15) is 0 Å². The van der Waals surface area contributed by atoms with Crippen LogP contribution in [0.2, 0.25) is 0 Å². The Balaban J connectivity index is 3.62. The Morgan fingerprint density at radius 1 is 0.750 bits per heavy atom. The lowest BCUT2D eigenvalue weighted by atomic mass is 9.95. The van der Waals surface area contributed by atoms with E-state index in [0.29, 0.717) is 0 Å². The summed E-state index contributed by atoms with van der Waals surface area (Å²) in [6.45, 7) is 10.3. The third kappa shape index (κ3) is 14.4. The van der Waals surface area contributed by atoms with Crippen molar-refractivity contribution in [3.63, 3.8) is 0 Å². The summed E-state index contributed by atoms with van der Waals surface area (Å²) in [6.07, 6.45) is 17.4. The molecule has 0 aliphatic carbocycles. The van der Waals surface area contributed by atoms with Gasteiger partial charge in [0.2, 0.25) is 0 Å². The zero-order chi connectivity index (χ0) is 14.9. The fraction of sp³-hybridized carbons (Fsp3) is 0.947. The van der Waals surface area contributed by atoms with Gasteiger partial charge < -0.3 is 4.74 Å². The molecule has 0 saturated carbocycles. The predicted octanol–water partition coefficient (Wildman–Crippen LogP) is 6.56. The highest BCUT2D eigenvalue weighted by Gasteiger charge is 2.08. The number of hydrogen-bond donors (Lipinski definition) is 0. The molecule has 1 atom stereocenters. The van der Waals surface area contributed by atoms with Crippen LogP contribution in [0.1, 0.15) is 97.3 Å². The van der Waals surface area contributed by atoms with Crippen molar-refractivity contribution in [2.24, 2.45) is 5.92 Å². The molecule has 0 heterocycles. The van der Waals surface area contributed by atoms with Crippen molar-refractivity contribution < 1.29 is 4.74 Å². The standard InChI is InChI=1S/C19H39O/c1-4-7-9-11-12-14-16-19(18-20-17-6-3)15-13-10-8-5-2/h19H,2,4-18H2,1,3H3. The highest BCUT2D eigenvalue weighted by Crippen LogP contribution is 2.19. The summed E-state index contributed by atoms with van der Waals surface area (Å²) in [5.74, 6) is 0.803. The molecule has 0 saturated heterocycles. The van der Waals surface area contributed by atoms with Gasteiger partial charge in [0.15, 0.2) is 0 Å². The van der Waals surface area contributed by atoms with Crippen LogP contribution in [0.5, 0.6) is 0 Å². The van der Waals surface area contributed by atoms with Crippen LogP contribution in [0.25, 0.3) is 0 Å². The van der Waals surface area contributed by atoms with Crippen LogP contribution in [-0.2, 0) is 4.74 Å². The molecule has 0 aromatic rings. The molecule has 1 nitrogen and oxygen atoms in total. The Hall–Kier alpha value is -0.0400. The van der Waals surface area contributed by atoms with Gasteiger partial charge in [-0.05, 0) is 25.2 Å². The van der Waals surface area contributed by atoms with Crippen molar-refractivity contribution in [3.05, 3.63) is 6.92 Å². The Morgan fingerprint density at radius 3 is 1.95 bits per heavy atom. The van der Waals surface area contributed by atoms with Gasteiger partial charge in [-0.25, -0.2) is 0 Å². The number of hydrogen-bond acceptors (Lipinski definition) is 1. The smallest absolute Gasteiger partial charge is 0.0494 e. The molecule has 1 unspecified atom stereocenters. The van der Waals surface area contributed by atoms with Gasteiger partial charge in [-0.3, -0.25) is 0 Å². The summed E-state index contributed by atoms with van der Waals surface area (Å²) in [6, 6.07) is 0. The first-order valence-electron chi connectivity index (χ1n) is 9.22. The van der Waals surface area contributed by atoms with Crippen molar-refractivity contribution in [2.45, 2.75) is 97.3 Å². The molecule has 0 spiro atoms. The molecular formula is C19H39O. The maximum atomic E-state index is 5.79. The summed E-state index contributed by atoms with van der Waals surface area (Å²) >= 11 is 0. The molecule has 1 radical (unpaired) electrons. The Bertz CT molecular complexity index is 167. The molecule has 0 fully saturated rings. The topological polar surface area (TPSA) is 9.23 Å². The van der Waals surface area contributed by atoms with Crippen molar-refractivity contribution in [1.82, 2.24) is 0 Å². The molecular weight excluding hydrogens is 244 g/mol. The fourth-order valence-corrected chi connectivity index (χ4v) is 2.71. The highest BCUT2D eigenvalue weighted by atomic mass is 16.5. The van der Waals surface area contributed by atoms with Crippen LogP contribution >= 0.6 is 0 Å². The number of unbranched alkanes of at least 4 members (excludes halogenated alkanes) is 8. The van der Waals surface area contributed by atoms with E-state index in [2.05, 4.69) is 20.8 Å². The van der Waals surface area contributed by atoms with E-state index in [9.17, 15) is 0 Å². The van der Waals surface area contributed by atoms with E-state index in [-0.39, 0.29) is 0 Å². The van der Waals surface area contributed by atoms with Crippen LogP contribution in [0, 0.1) is 12.8 Å². The molecule has 0 amide bonds. The second kappa shape index (κ2) is 17.0. The Morgan fingerprint density at radius 2 is 1.35 bits per heavy atom. The second-order valence-electron chi connectivity index (χ2n) is 6.20. The van der Waals surface area contributed by atoms with Crippen molar-refractivity contribution >= 4 is 0 Å². The number of ether oxygens (including phenoxy) is 1. The maximum absolute atomic E-state index is 5.79. The van der Waals surface area contributed by atoms with E-state index >= 15 is 0 Å². The first-order valence-corrected chi connectivity index (χ1v) is 9.22. The zero-order valence-electron chi connectivity index (χ0n) is 14.3. The van der Waals surface area contributed by atoms with Crippen molar-refractivity contribution in [1.29, 1.82) is 0 Å². The van der Waals surface area contributed by atoms with Crippen molar-refractivity contribution in [3.8, 4) is 0 Å². The fourth-order valence-electron chi connectivity index (χ4n) is 2.71. The van der Waals surface area contributed by atoms with Crippen LogP contribution in [-0.4, -0.2) is 13.2 Å². The Labute approximate surface area is 128 Å². The SMILES string of the molecule is [CH2]CCCCCC(CCCCCCCC)COCCC. The normalized spacial score (nSPS) is 12.8. The highest BCUT2D eigenvalue weighted by molar-refractivity contribution is 4.60. The third-order valence-corrected chi connectivity index (χ3v) is 4.03. The third-order valence-electron chi connectivity index (χ3n) is 4.03. The minimum absolute atomic E-state index is 0.803. The second-order valence-corrected chi connectivity index (χ2v) is 6.20. The molecule has 0 aromatic carbocycles. The van der Waals surface area contributed by atoms with Crippen LogP contribution < -0.4 is 0 Å². The molecule has 20 heavy (non-hydrogen) atoms. The van der Waals surface area contributed by atoms with Gasteiger partial charge in [-0.15, -0.1) is 0 Å². The summed E-state index contributed by atoms with van der Waals surface area (Å²) < 4.78 is 5.79. The van der Waals surface area contributed by atoms with Gasteiger partial charge >= 0.3 is 0 Å². The van der Waals surface area contributed by atoms with Crippen LogP contribution in [0.15, 0.2) is 0 Å². The predicted molar refractivity (Wildman–Crippen MR) is 91.0 cm³/mol. The molecule has 121 valence electrons. The summed E-state index contributed by atoms with van der Waals surface area (Å²) in [5.41, 5.74) is 0. The van der Waals surface area contributed by atoms with E-state index in [1.165, 1.54) is 70.6 Å². The van der Waals surface area contributed by atoms with Crippen LogP contribution in [0.3, 0.4) is 0 Å². The maximum Gasteiger partial charge on any atom is 0.0494 e. The number of rotatable bonds is 16. The summed E-state index contributed by atoms with van der Waals surface area (Å²) in [5, 5.41) is 0. The van der Waals surface area contributed by atoms with E-state index in [0.717, 1.165) is 32.0 Å². The molecule has 0 aromatic heterocycles. The molecule has 0 rings (SSSR count). The lowest BCUT2D eigenvalue weighted by Gasteiger charge is -2.17.